The Balaban J connectivity index is 1.34. The highest BCUT2D eigenvalue weighted by molar-refractivity contribution is 7.89. The van der Waals surface area contributed by atoms with Gasteiger partial charge in [0.2, 0.25) is 10.0 Å². The summed E-state index contributed by atoms with van der Waals surface area (Å²) in [6.45, 7) is 3.38. The summed E-state index contributed by atoms with van der Waals surface area (Å²) < 4.78 is 34.4. The van der Waals surface area contributed by atoms with Crippen molar-refractivity contribution in [1.29, 1.82) is 0 Å². The Hall–Kier alpha value is -1.93. The maximum absolute atomic E-state index is 12.6. The number of piperidine rings is 1. The van der Waals surface area contributed by atoms with Crippen LogP contribution in [0.5, 0.6) is 5.75 Å². The molecule has 3 aromatic rings. The molecule has 2 heterocycles. The van der Waals surface area contributed by atoms with Crippen molar-refractivity contribution < 1.29 is 13.2 Å². The Morgan fingerprint density at radius 2 is 1.97 bits per heavy atom. The Morgan fingerprint density at radius 3 is 2.72 bits per heavy atom. The molecule has 2 aromatic carbocycles. The van der Waals surface area contributed by atoms with Crippen molar-refractivity contribution in [2.24, 2.45) is 5.92 Å². The van der Waals surface area contributed by atoms with Crippen molar-refractivity contribution in [1.82, 2.24) is 9.62 Å². The van der Waals surface area contributed by atoms with Crippen LogP contribution in [0.3, 0.4) is 0 Å². The van der Waals surface area contributed by atoms with Gasteiger partial charge in [0.05, 0.1) is 12.0 Å². The summed E-state index contributed by atoms with van der Waals surface area (Å²) in [5, 5.41) is 1.30. The number of rotatable bonds is 7. The van der Waals surface area contributed by atoms with Crippen LogP contribution < -0.4 is 9.46 Å². The lowest BCUT2D eigenvalue weighted by atomic mass is 9.98. The maximum Gasteiger partial charge on any atom is 0.240 e. The molecule has 1 N–H and O–H groups in total. The van der Waals surface area contributed by atoms with E-state index < -0.39 is 10.0 Å². The van der Waals surface area contributed by atoms with E-state index in [9.17, 15) is 8.42 Å². The van der Waals surface area contributed by atoms with Gasteiger partial charge in [-0.05, 0) is 67.1 Å². The Bertz CT molecular complexity index is 1030. The molecule has 0 saturated carbocycles. The standard InChI is InChI=1S/C22H26N2O3S2/c1-27-19-8-10-21(11-9-19)29(25,26)23-14-17-5-4-12-24(15-17)16-20-13-18-6-2-3-7-22(18)28-20/h2-3,6-11,13,17,23H,4-5,12,14-16H2,1H3. The lowest BCUT2D eigenvalue weighted by Gasteiger charge is -2.32. The molecular weight excluding hydrogens is 404 g/mol. The number of thiophene rings is 1. The van der Waals surface area contributed by atoms with Crippen LogP contribution in [-0.2, 0) is 16.6 Å². The quantitative estimate of drug-likeness (QED) is 0.613. The topological polar surface area (TPSA) is 58.6 Å². The number of methoxy groups -OCH3 is 1. The molecule has 0 radical (unpaired) electrons. The smallest absolute Gasteiger partial charge is 0.240 e. The zero-order chi connectivity index (χ0) is 20.3. The highest BCUT2D eigenvalue weighted by atomic mass is 32.2. The van der Waals surface area contributed by atoms with Crippen LogP contribution in [0.4, 0.5) is 0 Å². The molecule has 29 heavy (non-hydrogen) atoms. The summed E-state index contributed by atoms with van der Waals surface area (Å²) in [5.74, 6) is 0.972. The van der Waals surface area contributed by atoms with E-state index in [1.165, 1.54) is 15.0 Å². The molecule has 0 aliphatic carbocycles. The van der Waals surface area contributed by atoms with Gasteiger partial charge in [-0.1, -0.05) is 18.2 Å². The number of nitrogens with zero attached hydrogens (tertiary/aromatic N) is 1. The third-order valence-electron chi connectivity index (χ3n) is 5.39. The minimum absolute atomic E-state index is 0.274. The molecule has 0 spiro atoms. The van der Waals surface area contributed by atoms with Gasteiger partial charge < -0.3 is 4.74 Å². The zero-order valence-electron chi connectivity index (χ0n) is 16.5. The largest absolute Gasteiger partial charge is 0.497 e. The predicted molar refractivity (Wildman–Crippen MR) is 118 cm³/mol. The van der Waals surface area contributed by atoms with Crippen molar-refractivity contribution in [2.75, 3.05) is 26.7 Å². The molecule has 1 atom stereocenters. The van der Waals surface area contributed by atoms with Gasteiger partial charge in [0.1, 0.15) is 5.75 Å². The second-order valence-corrected chi connectivity index (χ2v) is 10.5. The molecule has 5 nitrogen and oxygen atoms in total. The predicted octanol–water partition coefficient (Wildman–Crippen LogP) is 4.10. The van der Waals surface area contributed by atoms with Gasteiger partial charge in [-0.3, -0.25) is 4.90 Å². The van der Waals surface area contributed by atoms with Crippen LogP contribution in [0.15, 0.2) is 59.5 Å². The summed E-state index contributed by atoms with van der Waals surface area (Å²) in [4.78, 5) is 4.09. The first-order valence-corrected chi connectivity index (χ1v) is 12.2. The molecular formula is C22H26N2O3S2. The van der Waals surface area contributed by atoms with Crippen molar-refractivity contribution in [3.05, 3.63) is 59.5 Å². The molecule has 1 aliphatic rings. The first-order chi connectivity index (χ1) is 14.0. The number of sulfonamides is 1. The first-order valence-electron chi connectivity index (χ1n) is 9.87. The third-order valence-corrected chi connectivity index (χ3v) is 7.93. The van der Waals surface area contributed by atoms with Crippen molar-refractivity contribution in [2.45, 2.75) is 24.3 Å². The van der Waals surface area contributed by atoms with E-state index in [1.54, 1.807) is 31.4 Å². The number of benzene rings is 2. The van der Waals surface area contributed by atoms with Gasteiger partial charge in [0, 0.05) is 29.2 Å². The highest BCUT2D eigenvalue weighted by Crippen LogP contribution is 2.28. The summed E-state index contributed by atoms with van der Waals surface area (Å²) in [6, 6.07) is 17.2. The van der Waals surface area contributed by atoms with Gasteiger partial charge in [0.15, 0.2) is 0 Å². The Morgan fingerprint density at radius 1 is 1.17 bits per heavy atom. The second-order valence-electron chi connectivity index (χ2n) is 7.52. The van der Waals surface area contributed by atoms with Gasteiger partial charge in [-0.2, -0.15) is 0 Å². The molecule has 1 saturated heterocycles. The van der Waals surface area contributed by atoms with Crippen LogP contribution in [0.2, 0.25) is 0 Å². The van der Waals surface area contributed by atoms with Crippen molar-refractivity contribution >= 4 is 31.4 Å². The second kappa shape index (κ2) is 8.83. The number of likely N-dealkylation sites (tertiary alicyclic amines) is 1. The fourth-order valence-electron chi connectivity index (χ4n) is 3.86. The Kier molecular flexibility index (Phi) is 6.20. The average Bonchev–Trinajstić information content (AvgIpc) is 3.15. The lowest BCUT2D eigenvalue weighted by Crippen LogP contribution is -2.40. The summed E-state index contributed by atoms with van der Waals surface area (Å²) in [6.07, 6.45) is 2.15. The van der Waals surface area contributed by atoms with Crippen LogP contribution in [0, 0.1) is 5.92 Å². The summed E-state index contributed by atoms with van der Waals surface area (Å²) >= 11 is 1.85. The monoisotopic (exact) mass is 430 g/mol. The van der Waals surface area contributed by atoms with E-state index >= 15 is 0 Å². The van der Waals surface area contributed by atoms with E-state index in [0.717, 1.165) is 32.5 Å². The van der Waals surface area contributed by atoms with Gasteiger partial charge in [-0.25, -0.2) is 13.1 Å². The molecule has 4 rings (SSSR count). The molecule has 154 valence electrons. The average molecular weight is 431 g/mol. The Labute approximate surface area is 176 Å². The van der Waals surface area contributed by atoms with Crippen LogP contribution in [-0.4, -0.2) is 40.1 Å². The third kappa shape index (κ3) is 4.98. The molecule has 0 bridgehead atoms. The first kappa shape index (κ1) is 20.3. The van der Waals surface area contributed by atoms with E-state index in [4.69, 9.17) is 4.74 Å². The fraction of sp³-hybridized carbons (Fsp3) is 0.364. The lowest BCUT2D eigenvalue weighted by molar-refractivity contribution is 0.170. The number of hydrogen-bond donors (Lipinski definition) is 1. The van der Waals surface area contributed by atoms with Crippen molar-refractivity contribution in [3.63, 3.8) is 0 Å². The molecule has 1 aromatic heterocycles. The number of ether oxygens (including phenoxy) is 1. The number of fused-ring (bicyclic) bond motifs is 1. The fourth-order valence-corrected chi connectivity index (χ4v) is 6.09. The van der Waals surface area contributed by atoms with E-state index in [2.05, 4.69) is 40.0 Å². The van der Waals surface area contributed by atoms with E-state index in [0.29, 0.717) is 18.2 Å². The van der Waals surface area contributed by atoms with Gasteiger partial charge >= 0.3 is 0 Å². The SMILES string of the molecule is COc1ccc(S(=O)(=O)NCC2CCCN(Cc3cc4ccccc4s3)C2)cc1. The van der Waals surface area contributed by atoms with Gasteiger partial charge in [0.25, 0.3) is 0 Å². The minimum atomic E-state index is -3.50. The van der Waals surface area contributed by atoms with Gasteiger partial charge in [-0.15, -0.1) is 11.3 Å². The number of nitrogens with one attached hydrogen (secondary N) is 1. The maximum atomic E-state index is 12.6. The number of hydrogen-bond acceptors (Lipinski definition) is 5. The van der Waals surface area contributed by atoms with E-state index in [1.807, 2.05) is 11.3 Å². The molecule has 0 amide bonds. The summed E-state index contributed by atoms with van der Waals surface area (Å²) in [5.41, 5.74) is 0. The summed E-state index contributed by atoms with van der Waals surface area (Å²) in [7, 11) is -1.94. The molecule has 1 unspecified atom stereocenters. The molecule has 7 heteroatoms. The van der Waals surface area contributed by atoms with E-state index in [-0.39, 0.29) is 4.90 Å². The van der Waals surface area contributed by atoms with Crippen molar-refractivity contribution in [3.8, 4) is 5.75 Å². The molecule has 1 aliphatic heterocycles. The minimum Gasteiger partial charge on any atom is -0.497 e. The normalized spacial score (nSPS) is 18.2. The zero-order valence-corrected chi connectivity index (χ0v) is 18.1. The van der Waals surface area contributed by atoms with Crippen LogP contribution in [0.1, 0.15) is 17.7 Å². The molecule has 1 fully saturated rings. The van der Waals surface area contributed by atoms with Crippen LogP contribution >= 0.6 is 11.3 Å². The van der Waals surface area contributed by atoms with Crippen LogP contribution in [0.25, 0.3) is 10.1 Å². The highest BCUT2D eigenvalue weighted by Gasteiger charge is 2.23.